The zero-order valence-corrected chi connectivity index (χ0v) is 5.93. The number of hydrogen-bond acceptors (Lipinski definition) is 1. The van der Waals surface area contributed by atoms with Crippen molar-refractivity contribution in [2.24, 2.45) is 0 Å². The topological polar surface area (TPSA) is 20.2 Å². The van der Waals surface area contributed by atoms with Gasteiger partial charge in [-0.1, -0.05) is 24.3 Å². The molecule has 0 atom stereocenters. The summed E-state index contributed by atoms with van der Waals surface area (Å²) in [5.41, 5.74) is 1.18. The van der Waals surface area contributed by atoms with Crippen LogP contribution in [0.2, 0.25) is 0 Å². The summed E-state index contributed by atoms with van der Waals surface area (Å²) in [5, 5.41) is 8.40. The van der Waals surface area contributed by atoms with Crippen LogP contribution in [0.1, 0.15) is 19.8 Å². The van der Waals surface area contributed by atoms with Crippen LogP contribution >= 0.6 is 0 Å². The van der Waals surface area contributed by atoms with Gasteiger partial charge in [0, 0.05) is 6.61 Å². The van der Waals surface area contributed by atoms with Crippen molar-refractivity contribution in [3.63, 3.8) is 0 Å². The quantitative estimate of drug-likeness (QED) is 0.450. The molecule has 0 aromatic heterocycles. The molecule has 0 aromatic rings. The predicted molar refractivity (Wildman–Crippen MR) is 40.3 cm³/mol. The minimum atomic E-state index is 0.279. The van der Waals surface area contributed by atoms with Gasteiger partial charge >= 0.3 is 0 Å². The molecule has 0 aliphatic carbocycles. The van der Waals surface area contributed by atoms with E-state index in [-0.39, 0.29) is 6.61 Å². The summed E-state index contributed by atoms with van der Waals surface area (Å²) in [5.74, 6) is 0. The third-order valence-electron chi connectivity index (χ3n) is 1.15. The number of unbranched alkanes of at least 4 members (excludes halogenated alkanes) is 1. The molecule has 1 nitrogen and oxygen atoms in total. The Bertz CT molecular complexity index is 103. The van der Waals surface area contributed by atoms with Gasteiger partial charge in [-0.25, -0.2) is 0 Å². The van der Waals surface area contributed by atoms with Gasteiger partial charge in [0.05, 0.1) is 0 Å². The summed E-state index contributed by atoms with van der Waals surface area (Å²) in [6, 6.07) is 0. The molecule has 0 aliphatic rings. The SMILES string of the molecule is C=CC(C)=CCCCO. The van der Waals surface area contributed by atoms with E-state index in [1.54, 1.807) is 0 Å². The van der Waals surface area contributed by atoms with E-state index in [0.29, 0.717) is 0 Å². The number of aliphatic hydroxyl groups excluding tert-OH is 1. The molecule has 0 bridgehead atoms. The maximum absolute atomic E-state index is 8.40. The summed E-state index contributed by atoms with van der Waals surface area (Å²) in [7, 11) is 0. The number of rotatable bonds is 4. The Balaban J connectivity index is 3.31. The highest BCUT2D eigenvalue weighted by Crippen LogP contribution is 1.97. The van der Waals surface area contributed by atoms with Gasteiger partial charge in [-0.2, -0.15) is 0 Å². The molecule has 52 valence electrons. The van der Waals surface area contributed by atoms with Gasteiger partial charge in [0.25, 0.3) is 0 Å². The molecule has 0 amide bonds. The van der Waals surface area contributed by atoms with Crippen LogP contribution in [0.25, 0.3) is 0 Å². The first-order valence-electron chi connectivity index (χ1n) is 3.21. The van der Waals surface area contributed by atoms with Crippen LogP contribution in [0.15, 0.2) is 24.3 Å². The lowest BCUT2D eigenvalue weighted by Crippen LogP contribution is -1.79. The Kier molecular flexibility index (Phi) is 5.23. The Morgan fingerprint density at radius 3 is 2.78 bits per heavy atom. The van der Waals surface area contributed by atoms with Crippen LogP contribution in [0, 0.1) is 0 Å². The molecule has 0 aromatic carbocycles. The van der Waals surface area contributed by atoms with Crippen molar-refractivity contribution in [2.45, 2.75) is 19.8 Å². The third-order valence-corrected chi connectivity index (χ3v) is 1.15. The highest BCUT2D eigenvalue weighted by Gasteiger charge is 1.80. The molecule has 0 saturated carbocycles. The fraction of sp³-hybridized carbons (Fsp3) is 0.500. The summed E-state index contributed by atoms with van der Waals surface area (Å²) in [6.45, 7) is 5.89. The first-order chi connectivity index (χ1) is 4.31. The smallest absolute Gasteiger partial charge is 0.0433 e. The van der Waals surface area contributed by atoms with Crippen molar-refractivity contribution in [2.75, 3.05) is 6.61 Å². The lowest BCUT2D eigenvalue weighted by molar-refractivity contribution is 0.289. The van der Waals surface area contributed by atoms with Crippen LogP contribution in [-0.2, 0) is 0 Å². The van der Waals surface area contributed by atoms with Crippen LogP contribution < -0.4 is 0 Å². The van der Waals surface area contributed by atoms with Crippen molar-refractivity contribution in [3.8, 4) is 0 Å². The zero-order valence-electron chi connectivity index (χ0n) is 5.93. The Morgan fingerprint density at radius 2 is 2.33 bits per heavy atom. The standard InChI is InChI=1S/C8H14O/c1-3-8(2)6-4-5-7-9/h3,6,9H,1,4-5,7H2,2H3. The molecule has 0 unspecified atom stereocenters. The van der Waals surface area contributed by atoms with Gasteiger partial charge in [-0.15, -0.1) is 0 Å². The van der Waals surface area contributed by atoms with Gasteiger partial charge in [0.15, 0.2) is 0 Å². The molecule has 0 spiro atoms. The Hall–Kier alpha value is -0.560. The van der Waals surface area contributed by atoms with Gasteiger partial charge in [-0.3, -0.25) is 0 Å². The van der Waals surface area contributed by atoms with E-state index < -0.39 is 0 Å². The van der Waals surface area contributed by atoms with E-state index >= 15 is 0 Å². The summed E-state index contributed by atoms with van der Waals surface area (Å²) in [4.78, 5) is 0. The maximum atomic E-state index is 8.40. The first kappa shape index (κ1) is 8.44. The van der Waals surface area contributed by atoms with Crippen LogP contribution in [0.5, 0.6) is 0 Å². The lowest BCUT2D eigenvalue weighted by atomic mass is 10.2. The zero-order chi connectivity index (χ0) is 7.11. The molecule has 0 fully saturated rings. The van der Waals surface area contributed by atoms with Crippen LogP contribution in [0.4, 0.5) is 0 Å². The maximum Gasteiger partial charge on any atom is 0.0433 e. The highest BCUT2D eigenvalue weighted by atomic mass is 16.2. The van der Waals surface area contributed by atoms with E-state index in [0.717, 1.165) is 12.8 Å². The fourth-order valence-corrected chi connectivity index (χ4v) is 0.504. The second kappa shape index (κ2) is 5.57. The molecule has 1 N–H and O–H groups in total. The number of aliphatic hydroxyl groups is 1. The molecule has 0 rings (SSSR count). The lowest BCUT2D eigenvalue weighted by Gasteiger charge is -1.90. The minimum absolute atomic E-state index is 0.279. The monoisotopic (exact) mass is 126 g/mol. The summed E-state index contributed by atoms with van der Waals surface area (Å²) >= 11 is 0. The second-order valence-electron chi connectivity index (χ2n) is 2.02. The Morgan fingerprint density at radius 1 is 1.67 bits per heavy atom. The van der Waals surface area contributed by atoms with Crippen molar-refractivity contribution in [1.29, 1.82) is 0 Å². The summed E-state index contributed by atoms with van der Waals surface area (Å²) < 4.78 is 0. The molecule has 0 radical (unpaired) electrons. The van der Waals surface area contributed by atoms with Crippen LogP contribution in [-0.4, -0.2) is 11.7 Å². The molecule has 1 heteroatoms. The average Bonchev–Trinajstić information content (AvgIpc) is 1.89. The van der Waals surface area contributed by atoms with Crippen molar-refractivity contribution in [3.05, 3.63) is 24.3 Å². The molecule has 0 heterocycles. The molecular formula is C8H14O. The highest BCUT2D eigenvalue weighted by molar-refractivity contribution is 5.12. The molecular weight excluding hydrogens is 112 g/mol. The van der Waals surface area contributed by atoms with Gasteiger partial charge in [-0.05, 0) is 19.8 Å². The average molecular weight is 126 g/mol. The molecule has 0 aliphatic heterocycles. The van der Waals surface area contributed by atoms with E-state index in [9.17, 15) is 0 Å². The number of hydrogen-bond donors (Lipinski definition) is 1. The predicted octanol–water partition coefficient (Wildman–Crippen LogP) is 1.89. The van der Waals surface area contributed by atoms with Gasteiger partial charge in [0.2, 0.25) is 0 Å². The van der Waals surface area contributed by atoms with Crippen LogP contribution in [0.3, 0.4) is 0 Å². The van der Waals surface area contributed by atoms with E-state index in [4.69, 9.17) is 5.11 Å². The summed E-state index contributed by atoms with van der Waals surface area (Å²) in [6.07, 6.45) is 5.69. The van der Waals surface area contributed by atoms with E-state index in [1.165, 1.54) is 5.57 Å². The first-order valence-corrected chi connectivity index (χ1v) is 3.21. The minimum Gasteiger partial charge on any atom is -0.396 e. The number of allylic oxidation sites excluding steroid dienone is 3. The van der Waals surface area contributed by atoms with Crippen molar-refractivity contribution in [1.82, 2.24) is 0 Å². The van der Waals surface area contributed by atoms with E-state index in [2.05, 4.69) is 12.7 Å². The molecule has 0 saturated heterocycles. The van der Waals surface area contributed by atoms with Crippen molar-refractivity contribution >= 4 is 0 Å². The van der Waals surface area contributed by atoms with Gasteiger partial charge in [0.1, 0.15) is 0 Å². The van der Waals surface area contributed by atoms with Crippen molar-refractivity contribution < 1.29 is 5.11 Å². The largest absolute Gasteiger partial charge is 0.396 e. The fourth-order valence-electron chi connectivity index (χ4n) is 0.504. The Labute approximate surface area is 56.7 Å². The van der Waals surface area contributed by atoms with E-state index in [1.807, 2.05) is 13.0 Å². The normalized spacial score (nSPS) is 11.6. The second-order valence-corrected chi connectivity index (χ2v) is 2.02. The van der Waals surface area contributed by atoms with Gasteiger partial charge < -0.3 is 5.11 Å². The third kappa shape index (κ3) is 5.31. The molecule has 9 heavy (non-hydrogen) atoms.